The lowest BCUT2D eigenvalue weighted by molar-refractivity contribution is 0.811. The quantitative estimate of drug-likeness (QED) is 0.851. The first kappa shape index (κ1) is 11.9. The molecule has 2 rings (SSSR count). The van der Waals surface area contributed by atoms with E-state index in [9.17, 15) is 0 Å². The molecular formula is C16H19N. The van der Waals surface area contributed by atoms with Gasteiger partial charge >= 0.3 is 0 Å². The lowest BCUT2D eigenvalue weighted by Crippen LogP contribution is -2.15. The van der Waals surface area contributed by atoms with E-state index in [0.29, 0.717) is 12.5 Å². The molecule has 1 atom stereocenters. The minimum Gasteiger partial charge on any atom is -0.330 e. The van der Waals surface area contributed by atoms with E-state index >= 15 is 0 Å². The van der Waals surface area contributed by atoms with Crippen molar-refractivity contribution >= 4 is 0 Å². The smallest absolute Gasteiger partial charge is 0.0215 e. The highest BCUT2D eigenvalue weighted by Crippen LogP contribution is 2.26. The lowest BCUT2D eigenvalue weighted by atomic mass is 9.88. The van der Waals surface area contributed by atoms with Gasteiger partial charge in [0.1, 0.15) is 0 Å². The zero-order chi connectivity index (χ0) is 12.3. The number of hydrogen-bond acceptors (Lipinski definition) is 1. The summed E-state index contributed by atoms with van der Waals surface area (Å²) in [6.07, 6.45) is 0. The molecule has 2 N–H and O–H groups in total. The maximum absolute atomic E-state index is 5.96. The highest BCUT2D eigenvalue weighted by atomic mass is 14.5. The predicted octanol–water partition coefficient (Wildman–Crippen LogP) is 3.39. The summed E-state index contributed by atoms with van der Waals surface area (Å²) in [6, 6.07) is 17.1. The van der Waals surface area contributed by atoms with Crippen molar-refractivity contribution in [2.75, 3.05) is 6.54 Å². The molecule has 0 amide bonds. The molecule has 0 bridgehead atoms. The Kier molecular flexibility index (Phi) is 3.60. The molecule has 0 saturated carbocycles. The van der Waals surface area contributed by atoms with Gasteiger partial charge in [0.15, 0.2) is 0 Å². The van der Waals surface area contributed by atoms with E-state index in [-0.39, 0.29) is 0 Å². The van der Waals surface area contributed by atoms with E-state index in [4.69, 9.17) is 5.73 Å². The Hall–Kier alpha value is -1.60. The summed E-state index contributed by atoms with van der Waals surface area (Å²) in [6.45, 7) is 4.93. The summed E-state index contributed by atoms with van der Waals surface area (Å²) in [5, 5.41) is 0. The molecule has 1 heteroatoms. The summed E-state index contributed by atoms with van der Waals surface area (Å²) in [4.78, 5) is 0. The van der Waals surface area contributed by atoms with E-state index in [2.05, 4.69) is 56.3 Å². The molecule has 0 spiro atoms. The topological polar surface area (TPSA) is 26.0 Å². The van der Waals surface area contributed by atoms with Crippen LogP contribution in [0.25, 0.3) is 0 Å². The van der Waals surface area contributed by atoms with Crippen molar-refractivity contribution in [3.8, 4) is 0 Å². The van der Waals surface area contributed by atoms with E-state index in [0.717, 1.165) is 0 Å². The van der Waals surface area contributed by atoms with Crippen LogP contribution in [0.4, 0.5) is 0 Å². The molecular weight excluding hydrogens is 206 g/mol. The molecule has 88 valence electrons. The van der Waals surface area contributed by atoms with Crippen molar-refractivity contribution in [1.82, 2.24) is 0 Å². The Balaban J connectivity index is 2.46. The van der Waals surface area contributed by atoms with Crippen molar-refractivity contribution in [1.29, 1.82) is 0 Å². The van der Waals surface area contributed by atoms with Crippen LogP contribution in [0.2, 0.25) is 0 Å². The minimum absolute atomic E-state index is 0.302. The molecule has 0 radical (unpaired) electrons. The van der Waals surface area contributed by atoms with Gasteiger partial charge in [0.25, 0.3) is 0 Å². The van der Waals surface area contributed by atoms with Crippen LogP contribution < -0.4 is 5.73 Å². The Bertz CT molecular complexity index is 488. The second-order valence-electron chi connectivity index (χ2n) is 4.56. The van der Waals surface area contributed by atoms with Crippen LogP contribution >= 0.6 is 0 Å². The van der Waals surface area contributed by atoms with Gasteiger partial charge in [0.2, 0.25) is 0 Å². The third-order valence-electron chi connectivity index (χ3n) is 3.25. The second kappa shape index (κ2) is 5.15. The normalized spacial score (nSPS) is 12.4. The molecule has 0 aromatic heterocycles. The fraction of sp³-hybridized carbons (Fsp3) is 0.250. The fourth-order valence-electron chi connectivity index (χ4n) is 2.26. The third kappa shape index (κ3) is 2.56. The standard InChI is InChI=1S/C16H19N/c1-12-8-9-13(2)15(10-12)16(11-17)14-6-4-3-5-7-14/h3-10,16H,11,17H2,1-2H3. The van der Waals surface area contributed by atoms with Crippen molar-refractivity contribution in [2.24, 2.45) is 5.73 Å². The van der Waals surface area contributed by atoms with Crippen LogP contribution in [0.1, 0.15) is 28.2 Å². The number of hydrogen-bond donors (Lipinski definition) is 1. The maximum atomic E-state index is 5.96. The first-order valence-electron chi connectivity index (χ1n) is 6.04. The molecule has 0 heterocycles. The predicted molar refractivity (Wildman–Crippen MR) is 73.3 cm³/mol. The molecule has 2 aromatic carbocycles. The van der Waals surface area contributed by atoms with Crippen LogP contribution in [-0.4, -0.2) is 6.54 Å². The van der Waals surface area contributed by atoms with Gasteiger partial charge in [0.05, 0.1) is 0 Å². The van der Waals surface area contributed by atoms with Crippen molar-refractivity contribution in [3.05, 3.63) is 70.8 Å². The van der Waals surface area contributed by atoms with Gasteiger partial charge in [0, 0.05) is 12.5 Å². The highest BCUT2D eigenvalue weighted by molar-refractivity contribution is 5.39. The first-order chi connectivity index (χ1) is 8.22. The first-order valence-corrected chi connectivity index (χ1v) is 6.04. The SMILES string of the molecule is Cc1ccc(C)c(C(CN)c2ccccc2)c1. The van der Waals surface area contributed by atoms with E-state index < -0.39 is 0 Å². The zero-order valence-corrected chi connectivity index (χ0v) is 10.5. The van der Waals surface area contributed by atoms with Gasteiger partial charge in [-0.2, -0.15) is 0 Å². The van der Waals surface area contributed by atoms with Crippen molar-refractivity contribution in [3.63, 3.8) is 0 Å². The molecule has 1 nitrogen and oxygen atoms in total. The van der Waals surface area contributed by atoms with Crippen LogP contribution in [-0.2, 0) is 0 Å². The molecule has 17 heavy (non-hydrogen) atoms. The summed E-state index contributed by atoms with van der Waals surface area (Å²) in [7, 11) is 0. The Labute approximate surface area is 103 Å². The molecule has 1 unspecified atom stereocenters. The average Bonchev–Trinajstić information content (AvgIpc) is 2.36. The van der Waals surface area contributed by atoms with Gasteiger partial charge in [-0.25, -0.2) is 0 Å². The molecule has 0 aliphatic rings. The summed E-state index contributed by atoms with van der Waals surface area (Å²) in [5.41, 5.74) is 11.2. The van der Waals surface area contributed by atoms with Gasteiger partial charge in [-0.1, -0.05) is 54.1 Å². The average molecular weight is 225 g/mol. The number of nitrogens with two attached hydrogens (primary N) is 1. The summed E-state index contributed by atoms with van der Waals surface area (Å²) in [5.74, 6) is 0.302. The van der Waals surface area contributed by atoms with Crippen LogP contribution in [0.3, 0.4) is 0 Å². The van der Waals surface area contributed by atoms with E-state index in [1.54, 1.807) is 0 Å². The van der Waals surface area contributed by atoms with E-state index in [1.807, 2.05) is 6.07 Å². The third-order valence-corrected chi connectivity index (χ3v) is 3.25. The van der Waals surface area contributed by atoms with Gasteiger partial charge in [-0.05, 0) is 30.5 Å². The zero-order valence-electron chi connectivity index (χ0n) is 10.5. The largest absolute Gasteiger partial charge is 0.330 e. The van der Waals surface area contributed by atoms with Crippen molar-refractivity contribution < 1.29 is 0 Å². The number of benzene rings is 2. The van der Waals surface area contributed by atoms with Crippen LogP contribution in [0.15, 0.2) is 48.5 Å². The Morgan fingerprint density at radius 3 is 2.35 bits per heavy atom. The minimum atomic E-state index is 0.302. The Morgan fingerprint density at radius 1 is 1.00 bits per heavy atom. The van der Waals surface area contributed by atoms with Crippen LogP contribution in [0, 0.1) is 13.8 Å². The molecule has 0 aliphatic heterocycles. The van der Waals surface area contributed by atoms with Gasteiger partial charge < -0.3 is 5.73 Å². The molecule has 2 aromatic rings. The monoisotopic (exact) mass is 225 g/mol. The second-order valence-corrected chi connectivity index (χ2v) is 4.56. The lowest BCUT2D eigenvalue weighted by Gasteiger charge is -2.18. The van der Waals surface area contributed by atoms with E-state index in [1.165, 1.54) is 22.3 Å². The number of aryl methyl sites for hydroxylation is 2. The molecule has 0 saturated heterocycles. The van der Waals surface area contributed by atoms with Crippen molar-refractivity contribution in [2.45, 2.75) is 19.8 Å². The number of rotatable bonds is 3. The summed E-state index contributed by atoms with van der Waals surface area (Å²) < 4.78 is 0. The maximum Gasteiger partial charge on any atom is 0.0215 e. The molecule has 0 aliphatic carbocycles. The highest BCUT2D eigenvalue weighted by Gasteiger charge is 2.14. The summed E-state index contributed by atoms with van der Waals surface area (Å²) >= 11 is 0. The van der Waals surface area contributed by atoms with Gasteiger partial charge in [-0.15, -0.1) is 0 Å². The fourth-order valence-corrected chi connectivity index (χ4v) is 2.26. The van der Waals surface area contributed by atoms with Crippen LogP contribution in [0.5, 0.6) is 0 Å². The molecule has 0 fully saturated rings. The van der Waals surface area contributed by atoms with Gasteiger partial charge in [-0.3, -0.25) is 0 Å². The Morgan fingerprint density at radius 2 is 1.71 bits per heavy atom.